The fourth-order valence-corrected chi connectivity index (χ4v) is 3.96. The summed E-state index contributed by atoms with van der Waals surface area (Å²) in [6.45, 7) is 5.15. The highest BCUT2D eigenvalue weighted by Crippen LogP contribution is 2.14. The molecule has 3 nitrogen and oxygen atoms in total. The summed E-state index contributed by atoms with van der Waals surface area (Å²) in [5.41, 5.74) is 0. The third-order valence-electron chi connectivity index (χ3n) is 6.00. The third kappa shape index (κ3) is 27.4. The molecule has 0 radical (unpaired) electrons. The maximum Gasteiger partial charge on any atom is 0.305 e. The number of hydrogen-bond donors (Lipinski definition) is 1. The van der Waals surface area contributed by atoms with Crippen molar-refractivity contribution in [3.63, 3.8) is 0 Å². The number of carbonyl (C=O) groups is 1. The van der Waals surface area contributed by atoms with Crippen molar-refractivity contribution in [2.24, 2.45) is 0 Å². The van der Waals surface area contributed by atoms with Gasteiger partial charge in [0.1, 0.15) is 0 Å². The lowest BCUT2D eigenvalue weighted by Gasteiger charge is -2.05. The molecule has 0 aromatic rings. The van der Waals surface area contributed by atoms with E-state index < -0.39 is 0 Å². The second-order valence-corrected chi connectivity index (χ2v) is 9.04. The number of hydrogen-bond acceptors (Lipinski definition) is 2. The quantitative estimate of drug-likeness (QED) is 0.123. The fourth-order valence-electron chi connectivity index (χ4n) is 3.96. The van der Waals surface area contributed by atoms with Crippen LogP contribution in [0.5, 0.6) is 0 Å². The molecule has 0 heterocycles. The second-order valence-electron chi connectivity index (χ2n) is 9.04. The Bertz CT molecular complexity index is 320. The lowest BCUT2D eigenvalue weighted by atomic mass is 10.0. The first-order chi connectivity index (χ1) is 14.3. The zero-order chi connectivity index (χ0) is 21.3. The molecule has 30 heavy (non-hydrogen) atoms. The predicted molar refractivity (Wildman–Crippen MR) is 134 cm³/mol. The molecule has 0 aliphatic rings. The average molecular weight is 429 g/mol. The third-order valence-corrected chi connectivity index (χ3v) is 6.00. The Hall–Kier alpha value is -0.570. The Labute approximate surface area is 190 Å². The topological polar surface area (TPSA) is 62.8 Å². The van der Waals surface area contributed by atoms with Gasteiger partial charge in [-0.05, 0) is 12.8 Å². The number of rotatable bonds is 24. The largest absolute Gasteiger partial charge is 0.466 e. The zero-order valence-electron chi connectivity index (χ0n) is 21.3. The van der Waals surface area contributed by atoms with Gasteiger partial charge in [-0.25, -0.2) is 0 Å². The van der Waals surface area contributed by atoms with Gasteiger partial charge in [-0.2, -0.15) is 0 Å². The molecule has 0 aromatic heterocycles. The lowest BCUT2D eigenvalue weighted by molar-refractivity contribution is -0.143. The van der Waals surface area contributed by atoms with Crippen LogP contribution in [0, 0.1) is 0 Å². The SMILES string of the molecule is CCCCCCCCCCCCCCCCCCOC(=O)CCCCCCCC.[NH4+]. The summed E-state index contributed by atoms with van der Waals surface area (Å²) in [4.78, 5) is 11.7. The van der Waals surface area contributed by atoms with Gasteiger partial charge in [0.25, 0.3) is 0 Å². The minimum absolute atomic E-state index is 0. The first-order valence-electron chi connectivity index (χ1n) is 13.5. The Morgan fingerprint density at radius 1 is 0.467 bits per heavy atom. The first kappa shape index (κ1) is 31.6. The van der Waals surface area contributed by atoms with Crippen LogP contribution < -0.4 is 6.15 Å². The summed E-state index contributed by atoms with van der Waals surface area (Å²) in [6.07, 6.45) is 30.0. The molecule has 0 atom stereocenters. The van der Waals surface area contributed by atoms with Crippen molar-refractivity contribution in [1.82, 2.24) is 6.15 Å². The van der Waals surface area contributed by atoms with Crippen LogP contribution in [-0.2, 0) is 9.53 Å². The van der Waals surface area contributed by atoms with E-state index in [2.05, 4.69) is 13.8 Å². The molecule has 0 rings (SSSR count). The summed E-state index contributed by atoms with van der Waals surface area (Å²) in [5.74, 6) is 0.0152. The lowest BCUT2D eigenvalue weighted by Crippen LogP contribution is -2.05. The smallest absolute Gasteiger partial charge is 0.305 e. The molecule has 0 spiro atoms. The number of unbranched alkanes of at least 4 members (excludes halogenated alkanes) is 20. The van der Waals surface area contributed by atoms with E-state index in [1.807, 2.05) is 0 Å². The van der Waals surface area contributed by atoms with Crippen LogP contribution in [-0.4, -0.2) is 12.6 Å². The van der Waals surface area contributed by atoms with Crippen LogP contribution in [0.25, 0.3) is 0 Å². The molecule has 0 saturated carbocycles. The molecule has 0 unspecified atom stereocenters. The van der Waals surface area contributed by atoms with Crippen LogP contribution in [0.15, 0.2) is 0 Å². The standard InChI is InChI=1S/C27H54O2.H3N/c1-3-5-7-9-11-12-13-14-15-16-17-18-19-20-22-24-26-29-27(28)25-23-21-10-8-6-4-2;/h3-26H2,1-2H3;1H3/p+1. The number of carbonyl (C=O) groups excluding carboxylic acids is 1. The highest BCUT2D eigenvalue weighted by molar-refractivity contribution is 5.69. The van der Waals surface area contributed by atoms with E-state index in [9.17, 15) is 4.79 Å². The van der Waals surface area contributed by atoms with E-state index in [1.165, 1.54) is 128 Å². The maximum absolute atomic E-state index is 11.7. The van der Waals surface area contributed by atoms with Crippen LogP contribution in [0.2, 0.25) is 0 Å². The molecule has 0 aliphatic heterocycles. The number of esters is 1. The van der Waals surface area contributed by atoms with Crippen LogP contribution in [0.4, 0.5) is 0 Å². The summed E-state index contributed by atoms with van der Waals surface area (Å²) in [5, 5.41) is 0. The minimum Gasteiger partial charge on any atom is -0.466 e. The van der Waals surface area contributed by atoms with E-state index in [1.54, 1.807) is 0 Å². The van der Waals surface area contributed by atoms with E-state index in [0.29, 0.717) is 13.0 Å². The molecule has 3 heteroatoms. The molecule has 0 fully saturated rings. The highest BCUT2D eigenvalue weighted by atomic mass is 16.5. The fraction of sp³-hybridized carbons (Fsp3) is 0.963. The van der Waals surface area contributed by atoms with Gasteiger partial charge in [-0.1, -0.05) is 142 Å². The molecule has 182 valence electrons. The first-order valence-corrected chi connectivity index (χ1v) is 13.5. The second kappa shape index (κ2) is 28.4. The summed E-state index contributed by atoms with van der Waals surface area (Å²) in [7, 11) is 0. The summed E-state index contributed by atoms with van der Waals surface area (Å²) in [6, 6.07) is 0. The van der Waals surface area contributed by atoms with Gasteiger partial charge in [0.15, 0.2) is 0 Å². The van der Waals surface area contributed by atoms with Gasteiger partial charge >= 0.3 is 5.97 Å². The van der Waals surface area contributed by atoms with Gasteiger partial charge in [0.05, 0.1) is 6.61 Å². The Kier molecular flexibility index (Phi) is 30.0. The molecule has 0 bridgehead atoms. The number of ether oxygens (including phenoxy) is 1. The van der Waals surface area contributed by atoms with E-state index >= 15 is 0 Å². The van der Waals surface area contributed by atoms with Crippen molar-refractivity contribution in [2.75, 3.05) is 6.61 Å². The maximum atomic E-state index is 11.7. The molecule has 0 aliphatic carbocycles. The average Bonchev–Trinajstić information content (AvgIpc) is 2.73. The highest BCUT2D eigenvalue weighted by Gasteiger charge is 2.02. The van der Waals surface area contributed by atoms with Crippen molar-refractivity contribution >= 4 is 5.97 Å². The Morgan fingerprint density at radius 3 is 1.13 bits per heavy atom. The number of quaternary nitrogens is 1. The molecule has 4 N–H and O–H groups in total. The van der Waals surface area contributed by atoms with Gasteiger partial charge in [-0.3, -0.25) is 4.79 Å². The van der Waals surface area contributed by atoms with Crippen LogP contribution in [0.3, 0.4) is 0 Å². The van der Waals surface area contributed by atoms with Crippen molar-refractivity contribution in [3.8, 4) is 0 Å². The van der Waals surface area contributed by atoms with E-state index in [4.69, 9.17) is 4.74 Å². The molecular weight excluding hydrogens is 370 g/mol. The van der Waals surface area contributed by atoms with Crippen LogP contribution >= 0.6 is 0 Å². The van der Waals surface area contributed by atoms with Gasteiger partial charge < -0.3 is 10.9 Å². The molecule has 0 saturated heterocycles. The van der Waals surface area contributed by atoms with Gasteiger partial charge in [-0.15, -0.1) is 0 Å². The van der Waals surface area contributed by atoms with Crippen molar-refractivity contribution < 1.29 is 9.53 Å². The van der Waals surface area contributed by atoms with Gasteiger partial charge in [0, 0.05) is 6.42 Å². The Morgan fingerprint density at radius 2 is 0.767 bits per heavy atom. The molecular formula is C27H58NO2+. The van der Waals surface area contributed by atoms with Crippen molar-refractivity contribution in [3.05, 3.63) is 0 Å². The summed E-state index contributed by atoms with van der Waals surface area (Å²) < 4.78 is 5.35. The van der Waals surface area contributed by atoms with Crippen molar-refractivity contribution in [1.29, 1.82) is 0 Å². The minimum atomic E-state index is 0. The van der Waals surface area contributed by atoms with E-state index in [0.717, 1.165) is 12.8 Å². The Balaban J connectivity index is 0. The molecule has 0 amide bonds. The van der Waals surface area contributed by atoms with E-state index in [-0.39, 0.29) is 12.1 Å². The zero-order valence-corrected chi connectivity index (χ0v) is 21.3. The predicted octanol–water partition coefficient (Wildman–Crippen LogP) is 9.92. The normalized spacial score (nSPS) is 10.7. The monoisotopic (exact) mass is 428 g/mol. The van der Waals surface area contributed by atoms with Crippen LogP contribution in [0.1, 0.15) is 162 Å². The van der Waals surface area contributed by atoms with Gasteiger partial charge in [0.2, 0.25) is 0 Å². The summed E-state index contributed by atoms with van der Waals surface area (Å²) >= 11 is 0. The molecule has 0 aromatic carbocycles. The van der Waals surface area contributed by atoms with Crippen molar-refractivity contribution in [2.45, 2.75) is 162 Å².